The summed E-state index contributed by atoms with van der Waals surface area (Å²) in [7, 11) is 0. The van der Waals surface area contributed by atoms with E-state index in [4.69, 9.17) is 0 Å². The molecule has 144 valence electrons. The van der Waals surface area contributed by atoms with E-state index in [2.05, 4.69) is 47.6 Å². The summed E-state index contributed by atoms with van der Waals surface area (Å²) in [4.78, 5) is 0. The van der Waals surface area contributed by atoms with Gasteiger partial charge in [0.15, 0.2) is 0 Å². The predicted octanol–water partition coefficient (Wildman–Crippen LogP) is 7.69. The summed E-state index contributed by atoms with van der Waals surface area (Å²) in [6.45, 7) is 14.0. The zero-order valence-corrected chi connectivity index (χ0v) is 17.8. The van der Waals surface area contributed by atoms with Crippen LogP contribution in [0.15, 0.2) is 18.2 Å². The first-order valence-electron chi connectivity index (χ1n) is 10.4. The SMILES string of the molecule is CCC(C)(C)CCCCc1c(O)cccc1CCCCCC(C)(C)C. The fraction of sp³-hybridized carbons (Fsp3) is 0.750. The molecule has 1 rings (SSSR count). The molecule has 25 heavy (non-hydrogen) atoms. The summed E-state index contributed by atoms with van der Waals surface area (Å²) in [5, 5.41) is 10.3. The Hall–Kier alpha value is -0.980. The van der Waals surface area contributed by atoms with Crippen LogP contribution in [0.5, 0.6) is 5.75 Å². The van der Waals surface area contributed by atoms with Gasteiger partial charge in [-0.2, -0.15) is 0 Å². The van der Waals surface area contributed by atoms with Crippen LogP contribution in [0.3, 0.4) is 0 Å². The summed E-state index contributed by atoms with van der Waals surface area (Å²) in [6.07, 6.45) is 12.2. The maximum Gasteiger partial charge on any atom is 0.119 e. The minimum atomic E-state index is 0.447. The van der Waals surface area contributed by atoms with E-state index in [-0.39, 0.29) is 0 Å². The van der Waals surface area contributed by atoms with Crippen molar-refractivity contribution in [1.29, 1.82) is 0 Å². The lowest BCUT2D eigenvalue weighted by atomic mass is 9.84. The largest absolute Gasteiger partial charge is 0.508 e. The molecule has 1 nitrogen and oxygen atoms in total. The predicted molar refractivity (Wildman–Crippen MR) is 111 cm³/mol. The lowest BCUT2D eigenvalue weighted by Gasteiger charge is -2.22. The fourth-order valence-electron chi connectivity index (χ4n) is 3.37. The van der Waals surface area contributed by atoms with Crippen LogP contribution in [0.25, 0.3) is 0 Å². The van der Waals surface area contributed by atoms with Crippen molar-refractivity contribution in [3.63, 3.8) is 0 Å². The molecule has 0 aliphatic rings. The van der Waals surface area contributed by atoms with Gasteiger partial charge in [0.05, 0.1) is 0 Å². The Labute approximate surface area is 157 Å². The summed E-state index contributed by atoms with van der Waals surface area (Å²) in [5.41, 5.74) is 3.47. The molecule has 0 amide bonds. The number of unbranched alkanes of at least 4 members (excludes halogenated alkanes) is 3. The quantitative estimate of drug-likeness (QED) is 0.407. The number of benzene rings is 1. The van der Waals surface area contributed by atoms with Crippen LogP contribution in [-0.4, -0.2) is 5.11 Å². The van der Waals surface area contributed by atoms with Crippen LogP contribution in [0, 0.1) is 10.8 Å². The smallest absolute Gasteiger partial charge is 0.119 e. The molecule has 0 saturated heterocycles. The van der Waals surface area contributed by atoms with Crippen LogP contribution in [0.1, 0.15) is 104 Å². The van der Waals surface area contributed by atoms with Gasteiger partial charge in [0, 0.05) is 0 Å². The molecule has 0 bridgehead atoms. The molecule has 1 aromatic rings. The molecule has 0 aliphatic carbocycles. The van der Waals surface area contributed by atoms with E-state index in [1.807, 2.05) is 12.1 Å². The van der Waals surface area contributed by atoms with E-state index in [1.54, 1.807) is 0 Å². The molecule has 0 aromatic heterocycles. The Bertz CT molecular complexity index is 493. The van der Waals surface area contributed by atoms with E-state index in [1.165, 1.54) is 62.5 Å². The van der Waals surface area contributed by atoms with Crippen LogP contribution in [0.4, 0.5) is 0 Å². The van der Waals surface area contributed by atoms with Gasteiger partial charge in [-0.25, -0.2) is 0 Å². The van der Waals surface area contributed by atoms with Crippen molar-refractivity contribution < 1.29 is 5.11 Å². The maximum atomic E-state index is 10.3. The highest BCUT2D eigenvalue weighted by molar-refractivity contribution is 5.39. The normalized spacial score (nSPS) is 12.6. The summed E-state index contributed by atoms with van der Waals surface area (Å²) in [6, 6.07) is 6.08. The maximum absolute atomic E-state index is 10.3. The minimum Gasteiger partial charge on any atom is -0.508 e. The summed E-state index contributed by atoms with van der Waals surface area (Å²) >= 11 is 0. The molecule has 0 radical (unpaired) electrons. The molecule has 0 atom stereocenters. The average molecular weight is 347 g/mol. The Morgan fingerprint density at radius 3 is 2.08 bits per heavy atom. The van der Waals surface area contributed by atoms with Crippen molar-refractivity contribution in [3.05, 3.63) is 29.3 Å². The van der Waals surface area contributed by atoms with Crippen LogP contribution in [-0.2, 0) is 12.8 Å². The average Bonchev–Trinajstić information content (AvgIpc) is 2.52. The number of aryl methyl sites for hydroxylation is 1. The third-order valence-electron chi connectivity index (χ3n) is 5.61. The zero-order chi connectivity index (χ0) is 18.9. The van der Waals surface area contributed by atoms with Crippen LogP contribution < -0.4 is 0 Å². The molecular weight excluding hydrogens is 304 g/mol. The highest BCUT2D eigenvalue weighted by Crippen LogP contribution is 2.29. The van der Waals surface area contributed by atoms with Gasteiger partial charge in [-0.3, -0.25) is 0 Å². The van der Waals surface area contributed by atoms with E-state index < -0.39 is 0 Å². The third-order valence-corrected chi connectivity index (χ3v) is 5.61. The molecule has 0 fully saturated rings. The van der Waals surface area contributed by atoms with Gasteiger partial charge in [0.2, 0.25) is 0 Å². The van der Waals surface area contributed by atoms with Crippen molar-refractivity contribution in [3.8, 4) is 5.75 Å². The van der Waals surface area contributed by atoms with Crippen molar-refractivity contribution >= 4 is 0 Å². The fourth-order valence-corrected chi connectivity index (χ4v) is 3.37. The van der Waals surface area contributed by atoms with Gasteiger partial charge in [0.25, 0.3) is 0 Å². The molecule has 0 spiro atoms. The van der Waals surface area contributed by atoms with Gasteiger partial charge in [-0.05, 0) is 66.5 Å². The third kappa shape index (κ3) is 9.33. The summed E-state index contributed by atoms with van der Waals surface area (Å²) < 4.78 is 0. The lowest BCUT2D eigenvalue weighted by Crippen LogP contribution is -2.09. The lowest BCUT2D eigenvalue weighted by molar-refractivity contribution is 0.309. The Morgan fingerprint density at radius 2 is 1.44 bits per heavy atom. The molecule has 1 N–H and O–H groups in total. The van der Waals surface area contributed by atoms with Gasteiger partial charge in [-0.1, -0.05) is 79.4 Å². The second-order valence-corrected chi connectivity index (χ2v) is 9.76. The Balaban J connectivity index is 2.46. The second kappa shape index (κ2) is 10.2. The van der Waals surface area contributed by atoms with E-state index in [9.17, 15) is 5.11 Å². The molecular formula is C24H42O. The number of phenols is 1. The molecule has 0 saturated carbocycles. The minimum absolute atomic E-state index is 0.447. The van der Waals surface area contributed by atoms with Crippen molar-refractivity contribution in [2.75, 3.05) is 0 Å². The number of phenolic OH excluding ortho intramolecular Hbond substituents is 1. The van der Waals surface area contributed by atoms with E-state index in [0.29, 0.717) is 16.6 Å². The first-order valence-corrected chi connectivity index (χ1v) is 10.4. The van der Waals surface area contributed by atoms with Crippen LogP contribution >= 0.6 is 0 Å². The molecule has 1 heteroatoms. The van der Waals surface area contributed by atoms with Crippen LogP contribution in [0.2, 0.25) is 0 Å². The number of aromatic hydroxyl groups is 1. The number of hydrogen-bond donors (Lipinski definition) is 1. The van der Waals surface area contributed by atoms with Gasteiger partial charge >= 0.3 is 0 Å². The molecule has 0 aliphatic heterocycles. The number of hydrogen-bond acceptors (Lipinski definition) is 1. The number of rotatable bonds is 11. The topological polar surface area (TPSA) is 20.2 Å². The standard InChI is InChI=1S/C24H42O/c1-7-24(5,6)19-12-10-16-21-20(15-13-17-22(21)25)14-9-8-11-18-23(2,3)4/h13,15,17,25H,7-12,14,16,18-19H2,1-6H3. The zero-order valence-electron chi connectivity index (χ0n) is 17.8. The molecule has 0 unspecified atom stereocenters. The highest BCUT2D eigenvalue weighted by Gasteiger charge is 2.15. The first kappa shape index (κ1) is 22.1. The monoisotopic (exact) mass is 346 g/mol. The van der Waals surface area contributed by atoms with Gasteiger partial charge < -0.3 is 5.11 Å². The van der Waals surface area contributed by atoms with Gasteiger partial charge in [0.1, 0.15) is 5.75 Å². The Kier molecular flexibility index (Phi) is 9.03. The van der Waals surface area contributed by atoms with Gasteiger partial charge in [-0.15, -0.1) is 0 Å². The summed E-state index contributed by atoms with van der Waals surface area (Å²) in [5.74, 6) is 0.502. The van der Waals surface area contributed by atoms with Crippen molar-refractivity contribution in [2.24, 2.45) is 10.8 Å². The highest BCUT2D eigenvalue weighted by atomic mass is 16.3. The molecule has 0 heterocycles. The molecule has 1 aromatic carbocycles. The first-order chi connectivity index (χ1) is 11.6. The van der Waals surface area contributed by atoms with Crippen molar-refractivity contribution in [2.45, 2.75) is 106 Å². The van der Waals surface area contributed by atoms with E-state index >= 15 is 0 Å². The van der Waals surface area contributed by atoms with Crippen molar-refractivity contribution in [1.82, 2.24) is 0 Å². The second-order valence-electron chi connectivity index (χ2n) is 9.76. The van der Waals surface area contributed by atoms with E-state index in [0.717, 1.165) is 12.8 Å². The Morgan fingerprint density at radius 1 is 0.800 bits per heavy atom.